The van der Waals surface area contributed by atoms with Gasteiger partial charge in [-0.3, -0.25) is 10.1 Å². The molecule has 0 heterocycles. The zero-order chi connectivity index (χ0) is 14.9. The molecule has 0 radical (unpaired) electrons. The summed E-state index contributed by atoms with van der Waals surface area (Å²) in [4.78, 5) is 10.0. The fourth-order valence-corrected chi connectivity index (χ4v) is 4.56. The molecule has 0 aromatic heterocycles. The molecule has 2 rings (SSSR count). The summed E-state index contributed by atoms with van der Waals surface area (Å²) in [5, 5.41) is 10.7. The molecule has 1 fully saturated rings. The third kappa shape index (κ3) is 2.94. The largest absolute Gasteiger partial charge is 0.289 e. The van der Waals surface area contributed by atoms with E-state index >= 15 is 0 Å². The van der Waals surface area contributed by atoms with E-state index in [1.807, 2.05) is 0 Å². The van der Waals surface area contributed by atoms with Gasteiger partial charge in [0.15, 0.2) is 4.90 Å². The van der Waals surface area contributed by atoms with E-state index in [1.165, 1.54) is 25.1 Å². The van der Waals surface area contributed by atoms with Gasteiger partial charge in [0.2, 0.25) is 10.0 Å². The molecule has 6 nitrogen and oxygen atoms in total. The Morgan fingerprint density at radius 1 is 1.40 bits per heavy atom. The molecule has 1 aromatic carbocycles. The van der Waals surface area contributed by atoms with Crippen molar-refractivity contribution in [2.75, 3.05) is 0 Å². The van der Waals surface area contributed by atoms with E-state index in [1.54, 1.807) is 0 Å². The topological polar surface area (TPSA) is 89.3 Å². The second-order valence-corrected chi connectivity index (χ2v) is 7.07. The molecular formula is C12H15ClN2O4S. The van der Waals surface area contributed by atoms with E-state index in [0.717, 1.165) is 12.8 Å². The Balaban J connectivity index is 2.41. The number of aryl methyl sites for hydroxylation is 1. The number of benzene rings is 1. The van der Waals surface area contributed by atoms with Crippen LogP contribution in [0.25, 0.3) is 0 Å². The molecule has 0 bridgehead atoms. The van der Waals surface area contributed by atoms with Crippen molar-refractivity contribution in [1.29, 1.82) is 0 Å². The number of rotatable bonds is 4. The van der Waals surface area contributed by atoms with Gasteiger partial charge < -0.3 is 0 Å². The summed E-state index contributed by atoms with van der Waals surface area (Å²) < 4.78 is 27.3. The molecule has 0 spiro atoms. The maximum Gasteiger partial charge on any atom is 0.289 e. The molecule has 0 saturated heterocycles. The summed E-state index contributed by atoms with van der Waals surface area (Å²) >= 11 is 6.05. The smallest absolute Gasteiger partial charge is 0.258 e. The first-order valence-corrected chi connectivity index (χ1v) is 8.15. The standard InChI is InChI=1S/C12H15ClN2O4S/c1-8-4-2-7-11(15(16)17)12(8)20(18,19)14-10-6-3-5-9(10)13/h2,4,7,9-10,14H,3,5-6H2,1H3. The number of nitrogens with zero attached hydrogens (tertiary/aromatic N) is 1. The van der Waals surface area contributed by atoms with Crippen LogP contribution in [0.15, 0.2) is 23.1 Å². The maximum absolute atomic E-state index is 12.4. The monoisotopic (exact) mass is 318 g/mol. The van der Waals surface area contributed by atoms with E-state index in [9.17, 15) is 18.5 Å². The van der Waals surface area contributed by atoms with Crippen LogP contribution in [-0.2, 0) is 10.0 Å². The minimum absolute atomic E-state index is 0.271. The lowest BCUT2D eigenvalue weighted by molar-refractivity contribution is -0.387. The second-order valence-electron chi connectivity index (χ2n) is 4.85. The number of nitrogens with one attached hydrogen (secondary N) is 1. The van der Waals surface area contributed by atoms with Gasteiger partial charge >= 0.3 is 0 Å². The predicted octanol–water partition coefficient (Wildman–Crippen LogP) is 2.34. The van der Waals surface area contributed by atoms with Crippen molar-refractivity contribution in [3.63, 3.8) is 0 Å². The molecule has 1 aliphatic rings. The molecule has 0 amide bonds. The number of hydrogen-bond donors (Lipinski definition) is 1. The maximum atomic E-state index is 12.4. The highest BCUT2D eigenvalue weighted by Gasteiger charge is 2.34. The van der Waals surface area contributed by atoms with E-state index in [0.29, 0.717) is 12.0 Å². The second kappa shape index (κ2) is 5.67. The van der Waals surface area contributed by atoms with Gasteiger partial charge in [0, 0.05) is 17.5 Å². The number of hydrogen-bond acceptors (Lipinski definition) is 4. The SMILES string of the molecule is Cc1cccc([N+](=O)[O-])c1S(=O)(=O)NC1CCCC1Cl. The van der Waals surface area contributed by atoms with E-state index in [-0.39, 0.29) is 16.3 Å². The quantitative estimate of drug-likeness (QED) is 0.524. The number of alkyl halides is 1. The average molecular weight is 319 g/mol. The lowest BCUT2D eigenvalue weighted by Crippen LogP contribution is -2.38. The van der Waals surface area contributed by atoms with Crippen molar-refractivity contribution in [3.8, 4) is 0 Å². The molecule has 1 aliphatic carbocycles. The lowest BCUT2D eigenvalue weighted by Gasteiger charge is -2.17. The van der Waals surface area contributed by atoms with Crippen LogP contribution in [-0.4, -0.2) is 24.8 Å². The number of nitro benzene ring substituents is 1. The fraction of sp³-hybridized carbons (Fsp3) is 0.500. The van der Waals surface area contributed by atoms with Crippen LogP contribution < -0.4 is 4.72 Å². The molecule has 8 heteroatoms. The molecular weight excluding hydrogens is 304 g/mol. The Hall–Kier alpha value is -1.18. The Bertz CT molecular complexity index is 632. The van der Waals surface area contributed by atoms with E-state index in [4.69, 9.17) is 11.6 Å². The van der Waals surface area contributed by atoms with Gasteiger partial charge in [0.05, 0.1) is 4.92 Å². The average Bonchev–Trinajstić information content (AvgIpc) is 2.73. The van der Waals surface area contributed by atoms with Crippen molar-refractivity contribution >= 4 is 27.3 Å². The zero-order valence-electron chi connectivity index (χ0n) is 10.9. The Morgan fingerprint density at radius 3 is 2.65 bits per heavy atom. The summed E-state index contributed by atoms with van der Waals surface area (Å²) in [6.45, 7) is 1.54. The van der Waals surface area contributed by atoms with Crippen LogP contribution in [0.2, 0.25) is 0 Å². The summed E-state index contributed by atoms with van der Waals surface area (Å²) in [5.74, 6) is 0. The zero-order valence-corrected chi connectivity index (χ0v) is 12.4. The summed E-state index contributed by atoms with van der Waals surface area (Å²) in [6.07, 6.45) is 2.23. The van der Waals surface area contributed by atoms with Crippen LogP contribution >= 0.6 is 11.6 Å². The van der Waals surface area contributed by atoms with Gasteiger partial charge in [0.1, 0.15) is 0 Å². The fourth-order valence-electron chi connectivity index (χ4n) is 2.44. The van der Waals surface area contributed by atoms with Crippen LogP contribution in [0, 0.1) is 17.0 Å². The minimum Gasteiger partial charge on any atom is -0.258 e. The van der Waals surface area contributed by atoms with Crippen molar-refractivity contribution in [2.24, 2.45) is 0 Å². The third-order valence-corrected chi connectivity index (χ3v) is 5.60. The van der Waals surface area contributed by atoms with Gasteiger partial charge in [-0.15, -0.1) is 11.6 Å². The van der Waals surface area contributed by atoms with Crippen LogP contribution in [0.4, 0.5) is 5.69 Å². The Morgan fingerprint density at radius 2 is 2.10 bits per heavy atom. The first-order chi connectivity index (χ1) is 9.33. The van der Waals surface area contributed by atoms with Crippen LogP contribution in [0.5, 0.6) is 0 Å². The number of halogens is 1. The summed E-state index contributed by atoms with van der Waals surface area (Å²) in [5.41, 5.74) is -0.0718. The van der Waals surface area contributed by atoms with Gasteiger partial charge in [-0.1, -0.05) is 18.6 Å². The highest BCUT2D eigenvalue weighted by atomic mass is 35.5. The molecule has 2 atom stereocenters. The summed E-state index contributed by atoms with van der Waals surface area (Å²) in [7, 11) is -3.96. The molecule has 1 N–H and O–H groups in total. The highest BCUT2D eigenvalue weighted by molar-refractivity contribution is 7.89. The molecule has 1 aromatic rings. The van der Waals surface area contributed by atoms with Crippen molar-refractivity contribution in [1.82, 2.24) is 4.72 Å². The van der Waals surface area contributed by atoms with Gasteiger partial charge in [-0.2, -0.15) is 0 Å². The lowest BCUT2D eigenvalue weighted by atomic mass is 10.2. The number of nitro groups is 1. The molecule has 20 heavy (non-hydrogen) atoms. The van der Waals surface area contributed by atoms with Gasteiger partial charge in [-0.05, 0) is 25.3 Å². The molecule has 1 saturated carbocycles. The van der Waals surface area contributed by atoms with Crippen molar-refractivity contribution in [3.05, 3.63) is 33.9 Å². The van der Waals surface area contributed by atoms with Gasteiger partial charge in [-0.25, -0.2) is 13.1 Å². The molecule has 110 valence electrons. The predicted molar refractivity (Wildman–Crippen MR) is 75.4 cm³/mol. The summed E-state index contributed by atoms with van der Waals surface area (Å²) in [6, 6.07) is 3.82. The highest BCUT2D eigenvalue weighted by Crippen LogP contribution is 2.30. The third-order valence-electron chi connectivity index (χ3n) is 3.39. The normalized spacial score (nSPS) is 22.9. The first-order valence-electron chi connectivity index (χ1n) is 6.23. The van der Waals surface area contributed by atoms with E-state index in [2.05, 4.69) is 4.72 Å². The van der Waals surface area contributed by atoms with Gasteiger partial charge in [0.25, 0.3) is 5.69 Å². The molecule has 0 aliphatic heterocycles. The van der Waals surface area contributed by atoms with Crippen molar-refractivity contribution in [2.45, 2.75) is 42.5 Å². The van der Waals surface area contributed by atoms with Crippen molar-refractivity contribution < 1.29 is 13.3 Å². The van der Waals surface area contributed by atoms with Crippen LogP contribution in [0.1, 0.15) is 24.8 Å². The Kier molecular flexibility index (Phi) is 4.31. The molecule has 2 unspecified atom stereocenters. The van der Waals surface area contributed by atoms with E-state index < -0.39 is 20.6 Å². The number of sulfonamides is 1. The first kappa shape index (κ1) is 15.2. The Labute approximate surface area is 122 Å². The van der Waals surface area contributed by atoms with Crippen LogP contribution in [0.3, 0.4) is 0 Å². The minimum atomic E-state index is -3.96.